The zero-order valence-corrected chi connectivity index (χ0v) is 15.8. The summed E-state index contributed by atoms with van der Waals surface area (Å²) in [5.41, 5.74) is 5.65. The summed E-state index contributed by atoms with van der Waals surface area (Å²) >= 11 is 2.66. The van der Waals surface area contributed by atoms with Gasteiger partial charge >= 0.3 is 0 Å². The van der Waals surface area contributed by atoms with Crippen LogP contribution in [-0.4, -0.2) is 45.4 Å². The van der Waals surface area contributed by atoms with Crippen molar-refractivity contribution in [3.63, 3.8) is 0 Å². The summed E-state index contributed by atoms with van der Waals surface area (Å²) in [4.78, 5) is 25.9. The summed E-state index contributed by atoms with van der Waals surface area (Å²) in [7, 11) is 0. The monoisotopic (exact) mass is 392 g/mol. The molecule has 0 radical (unpaired) electrons. The van der Waals surface area contributed by atoms with Gasteiger partial charge in [-0.25, -0.2) is 0 Å². The van der Waals surface area contributed by atoms with Crippen molar-refractivity contribution in [1.82, 2.24) is 14.8 Å². The molecule has 0 aromatic carbocycles. The first-order valence-corrected chi connectivity index (χ1v) is 10.5. The number of aromatic nitrogens is 3. The Labute approximate surface area is 159 Å². The van der Waals surface area contributed by atoms with E-state index in [-0.39, 0.29) is 11.7 Å². The van der Waals surface area contributed by atoms with Gasteiger partial charge in [-0.1, -0.05) is 11.8 Å². The van der Waals surface area contributed by atoms with Crippen molar-refractivity contribution in [2.75, 3.05) is 29.1 Å². The first-order chi connectivity index (χ1) is 12.6. The van der Waals surface area contributed by atoms with Crippen LogP contribution in [0.4, 0.5) is 10.9 Å². The number of anilines is 2. The van der Waals surface area contributed by atoms with Crippen LogP contribution in [0, 0.1) is 0 Å². The summed E-state index contributed by atoms with van der Waals surface area (Å²) in [6, 6.07) is 2.06. The Morgan fingerprint density at radius 3 is 2.77 bits per heavy atom. The first-order valence-electron chi connectivity index (χ1n) is 8.63. The zero-order chi connectivity index (χ0) is 18.1. The molecule has 2 aromatic heterocycles. The molecule has 0 unspecified atom stereocenters. The summed E-state index contributed by atoms with van der Waals surface area (Å²) in [5, 5.41) is 14.5. The molecule has 2 aromatic rings. The van der Waals surface area contributed by atoms with Gasteiger partial charge in [-0.3, -0.25) is 14.2 Å². The zero-order valence-electron chi connectivity index (χ0n) is 14.2. The van der Waals surface area contributed by atoms with Crippen molar-refractivity contribution in [1.29, 1.82) is 0 Å². The van der Waals surface area contributed by atoms with E-state index in [1.54, 1.807) is 11.4 Å². The molecular formula is C16H20N6O2S2. The van der Waals surface area contributed by atoms with Crippen molar-refractivity contribution in [2.24, 2.45) is 5.73 Å². The average molecular weight is 393 g/mol. The SMILES string of the molecule is NC(=O)c1ccsc1NC(=O)CSc1nnc(N2CCCC2)n1C1CC1. The first kappa shape index (κ1) is 17.3. The molecule has 1 saturated heterocycles. The van der Waals surface area contributed by atoms with Crippen molar-refractivity contribution in [3.8, 4) is 0 Å². The third-order valence-electron chi connectivity index (χ3n) is 4.46. The number of carbonyl (C=O) groups is 2. The van der Waals surface area contributed by atoms with E-state index < -0.39 is 5.91 Å². The normalized spacial score (nSPS) is 16.8. The molecule has 1 aliphatic heterocycles. The Morgan fingerprint density at radius 2 is 2.08 bits per heavy atom. The smallest absolute Gasteiger partial charge is 0.251 e. The second kappa shape index (κ2) is 7.28. The maximum Gasteiger partial charge on any atom is 0.251 e. The fourth-order valence-corrected chi connectivity index (χ4v) is 4.65. The lowest BCUT2D eigenvalue weighted by molar-refractivity contribution is -0.113. The number of nitrogens with zero attached hydrogens (tertiary/aromatic N) is 4. The number of amides is 2. The molecule has 138 valence electrons. The van der Waals surface area contributed by atoms with Gasteiger partial charge in [-0.05, 0) is 37.1 Å². The molecule has 3 heterocycles. The highest BCUT2D eigenvalue weighted by atomic mass is 32.2. The standard InChI is InChI=1S/C16H20N6O2S2/c17-13(24)11-5-8-25-14(11)18-12(23)9-26-16-20-19-15(21-6-1-2-7-21)22(16)10-3-4-10/h5,8,10H,1-4,6-7,9H2,(H2,17,24)(H,18,23). The number of nitrogens with one attached hydrogen (secondary N) is 1. The van der Waals surface area contributed by atoms with E-state index >= 15 is 0 Å². The predicted octanol–water partition coefficient (Wildman–Crippen LogP) is 2.10. The molecule has 2 fully saturated rings. The van der Waals surface area contributed by atoms with Crippen molar-refractivity contribution < 1.29 is 9.59 Å². The lowest BCUT2D eigenvalue weighted by Gasteiger charge is -2.17. The van der Waals surface area contributed by atoms with Crippen LogP contribution in [-0.2, 0) is 4.79 Å². The third kappa shape index (κ3) is 3.56. The highest BCUT2D eigenvalue weighted by Crippen LogP contribution is 2.41. The van der Waals surface area contributed by atoms with Crippen molar-refractivity contribution in [3.05, 3.63) is 17.0 Å². The lowest BCUT2D eigenvalue weighted by atomic mass is 10.3. The second-order valence-corrected chi connectivity index (χ2v) is 8.30. The second-order valence-electron chi connectivity index (χ2n) is 6.44. The minimum absolute atomic E-state index is 0.187. The topological polar surface area (TPSA) is 106 Å². The van der Waals surface area contributed by atoms with E-state index in [4.69, 9.17) is 5.73 Å². The largest absolute Gasteiger partial charge is 0.366 e. The average Bonchev–Trinajstić information content (AvgIpc) is 3.06. The van der Waals surface area contributed by atoms with Crippen LogP contribution in [0.25, 0.3) is 0 Å². The lowest BCUT2D eigenvalue weighted by Crippen LogP contribution is -2.22. The van der Waals surface area contributed by atoms with E-state index in [2.05, 4.69) is 25.0 Å². The van der Waals surface area contributed by atoms with Gasteiger partial charge in [0.1, 0.15) is 5.00 Å². The molecular weight excluding hydrogens is 372 g/mol. The molecule has 0 atom stereocenters. The van der Waals surface area contributed by atoms with E-state index in [9.17, 15) is 9.59 Å². The number of nitrogens with two attached hydrogens (primary N) is 1. The molecule has 3 N–H and O–H groups in total. The Hall–Kier alpha value is -2.07. The number of primary amides is 1. The number of hydrogen-bond acceptors (Lipinski definition) is 7. The number of thioether (sulfide) groups is 1. The van der Waals surface area contributed by atoms with Crippen LogP contribution in [0.5, 0.6) is 0 Å². The molecule has 26 heavy (non-hydrogen) atoms. The van der Waals surface area contributed by atoms with Gasteiger partial charge < -0.3 is 16.0 Å². The van der Waals surface area contributed by atoms with Crippen LogP contribution < -0.4 is 16.0 Å². The summed E-state index contributed by atoms with van der Waals surface area (Å²) in [6.45, 7) is 2.04. The third-order valence-corrected chi connectivity index (χ3v) is 6.24. The molecule has 1 aliphatic carbocycles. The van der Waals surface area contributed by atoms with Gasteiger partial charge in [-0.2, -0.15) is 0 Å². The van der Waals surface area contributed by atoms with Crippen molar-refractivity contribution >= 4 is 45.9 Å². The Balaban J connectivity index is 1.42. The van der Waals surface area contributed by atoms with Crippen LogP contribution in [0.3, 0.4) is 0 Å². The van der Waals surface area contributed by atoms with Crippen LogP contribution in [0.1, 0.15) is 42.1 Å². The molecule has 1 saturated carbocycles. The number of hydrogen-bond donors (Lipinski definition) is 2. The van der Waals surface area contributed by atoms with Crippen LogP contribution in [0.15, 0.2) is 16.6 Å². The highest BCUT2D eigenvalue weighted by molar-refractivity contribution is 7.99. The highest BCUT2D eigenvalue weighted by Gasteiger charge is 2.32. The van der Waals surface area contributed by atoms with Gasteiger partial charge in [0, 0.05) is 19.1 Å². The molecule has 8 nitrogen and oxygen atoms in total. The summed E-state index contributed by atoms with van der Waals surface area (Å²) in [5.74, 6) is 0.411. The minimum Gasteiger partial charge on any atom is -0.366 e. The maximum absolute atomic E-state index is 12.3. The van der Waals surface area contributed by atoms with E-state index in [0.29, 0.717) is 16.6 Å². The van der Waals surface area contributed by atoms with Gasteiger partial charge in [-0.15, -0.1) is 21.5 Å². The van der Waals surface area contributed by atoms with Crippen LogP contribution >= 0.6 is 23.1 Å². The fraction of sp³-hybridized carbons (Fsp3) is 0.500. The molecule has 0 spiro atoms. The number of thiophene rings is 1. The van der Waals surface area contributed by atoms with Gasteiger partial charge in [0.2, 0.25) is 11.9 Å². The fourth-order valence-electron chi connectivity index (χ4n) is 3.05. The summed E-state index contributed by atoms with van der Waals surface area (Å²) < 4.78 is 2.18. The van der Waals surface area contributed by atoms with Crippen LogP contribution in [0.2, 0.25) is 0 Å². The predicted molar refractivity (Wildman–Crippen MR) is 102 cm³/mol. The molecule has 0 bridgehead atoms. The minimum atomic E-state index is -0.544. The molecule has 2 aliphatic rings. The maximum atomic E-state index is 12.3. The number of carbonyl (C=O) groups excluding carboxylic acids is 2. The molecule has 10 heteroatoms. The quantitative estimate of drug-likeness (QED) is 0.699. The van der Waals surface area contributed by atoms with Gasteiger partial charge in [0.05, 0.1) is 11.3 Å². The Kier molecular flexibility index (Phi) is 4.86. The Bertz CT molecular complexity index is 823. The van der Waals surface area contributed by atoms with Gasteiger partial charge in [0.25, 0.3) is 5.91 Å². The van der Waals surface area contributed by atoms with E-state index in [0.717, 1.165) is 37.0 Å². The van der Waals surface area contributed by atoms with Gasteiger partial charge in [0.15, 0.2) is 5.16 Å². The number of rotatable bonds is 7. The summed E-state index contributed by atoms with van der Waals surface area (Å²) in [6.07, 6.45) is 4.64. The van der Waals surface area contributed by atoms with E-state index in [1.165, 1.54) is 35.9 Å². The Morgan fingerprint density at radius 1 is 1.31 bits per heavy atom. The molecule has 2 amide bonds. The molecule has 4 rings (SSSR count). The van der Waals surface area contributed by atoms with E-state index in [1.807, 2.05) is 0 Å². The van der Waals surface area contributed by atoms with Crippen molar-refractivity contribution in [2.45, 2.75) is 36.9 Å².